The van der Waals surface area contributed by atoms with Crippen LogP contribution in [-0.2, 0) is 11.3 Å². The summed E-state index contributed by atoms with van der Waals surface area (Å²) in [7, 11) is 0. The van der Waals surface area contributed by atoms with Crippen molar-refractivity contribution in [2.45, 2.75) is 32.7 Å². The normalized spacial score (nSPS) is 16.7. The van der Waals surface area contributed by atoms with Gasteiger partial charge in [-0.15, -0.1) is 0 Å². The number of allylic oxidation sites excluding steroid dienone is 2. The summed E-state index contributed by atoms with van der Waals surface area (Å²) in [5, 5.41) is 2.98. The second kappa shape index (κ2) is 9.89. The predicted molar refractivity (Wildman–Crippen MR) is 101 cm³/mol. The summed E-state index contributed by atoms with van der Waals surface area (Å²) in [6.07, 6.45) is 9.64. The highest BCUT2D eigenvalue weighted by Crippen LogP contribution is 2.13. The van der Waals surface area contributed by atoms with Gasteiger partial charge in [-0.25, -0.2) is 0 Å². The highest BCUT2D eigenvalue weighted by atomic mass is 16.1. The largest absolute Gasteiger partial charge is 0.348 e. The predicted octanol–water partition coefficient (Wildman–Crippen LogP) is 3.85. The minimum absolute atomic E-state index is 0.0209. The molecular formula is C21H28N2O. The van der Waals surface area contributed by atoms with Gasteiger partial charge in [0.25, 0.3) is 0 Å². The summed E-state index contributed by atoms with van der Waals surface area (Å²) in [4.78, 5) is 14.8. The van der Waals surface area contributed by atoms with Gasteiger partial charge in [0.05, 0.1) is 0 Å². The molecule has 0 unspecified atom stereocenters. The number of benzene rings is 1. The molecule has 1 N–H and O–H groups in total. The Bertz CT molecular complexity index is 596. The Morgan fingerprint density at radius 1 is 1.21 bits per heavy atom. The molecule has 3 heteroatoms. The molecule has 0 aliphatic carbocycles. The lowest BCUT2D eigenvalue weighted by Gasteiger charge is -2.26. The van der Waals surface area contributed by atoms with E-state index in [2.05, 4.69) is 16.8 Å². The monoisotopic (exact) mass is 324 g/mol. The van der Waals surface area contributed by atoms with Crippen LogP contribution >= 0.6 is 0 Å². The molecule has 128 valence electrons. The maximum absolute atomic E-state index is 12.3. The summed E-state index contributed by atoms with van der Waals surface area (Å²) in [6, 6.07) is 9.96. The molecule has 24 heavy (non-hydrogen) atoms. The van der Waals surface area contributed by atoms with Crippen molar-refractivity contribution in [2.24, 2.45) is 0 Å². The second-order valence-corrected chi connectivity index (χ2v) is 6.31. The number of likely N-dealkylation sites (tertiary alicyclic amines) is 1. The van der Waals surface area contributed by atoms with E-state index in [4.69, 9.17) is 0 Å². The van der Waals surface area contributed by atoms with Crippen LogP contribution in [0.4, 0.5) is 0 Å². The van der Waals surface area contributed by atoms with Crippen LogP contribution in [0.15, 0.2) is 66.3 Å². The molecular weight excluding hydrogens is 296 g/mol. The first kappa shape index (κ1) is 18.2. The highest BCUT2D eigenvalue weighted by molar-refractivity contribution is 5.93. The van der Waals surface area contributed by atoms with Crippen LogP contribution in [-0.4, -0.2) is 30.4 Å². The Morgan fingerprint density at radius 3 is 2.58 bits per heavy atom. The third-order valence-corrected chi connectivity index (χ3v) is 4.24. The van der Waals surface area contributed by atoms with E-state index in [9.17, 15) is 4.79 Å². The molecule has 1 amide bonds. The number of hydrogen-bond donors (Lipinski definition) is 1. The third-order valence-electron chi connectivity index (χ3n) is 4.24. The van der Waals surface area contributed by atoms with Crippen LogP contribution in [0.5, 0.6) is 0 Å². The average Bonchev–Trinajstić information content (AvgIpc) is 2.61. The number of amides is 1. The van der Waals surface area contributed by atoms with Crippen molar-refractivity contribution in [3.63, 3.8) is 0 Å². The minimum Gasteiger partial charge on any atom is -0.348 e. The van der Waals surface area contributed by atoms with Crippen molar-refractivity contribution in [3.05, 3.63) is 71.8 Å². The zero-order chi connectivity index (χ0) is 17.2. The highest BCUT2D eigenvalue weighted by Gasteiger charge is 2.12. The first-order valence-electron chi connectivity index (χ1n) is 8.73. The standard InChI is InChI=1S/C21H28N2O/c1-3-10-20(17-23-13-8-5-9-14-23)15-18(2)21(24)22-16-19-11-6-4-7-12-19/h3-4,6-7,10-12,15H,1,5,8-9,13-14,16-17H2,2H3,(H,22,24)/b18-15+,20-10+. The lowest BCUT2D eigenvalue weighted by atomic mass is 10.1. The summed E-state index contributed by atoms with van der Waals surface area (Å²) < 4.78 is 0. The molecule has 0 spiro atoms. The van der Waals surface area contributed by atoms with Gasteiger partial charge in [-0.05, 0) is 50.1 Å². The lowest BCUT2D eigenvalue weighted by molar-refractivity contribution is -0.117. The van der Waals surface area contributed by atoms with Gasteiger partial charge in [0, 0.05) is 18.7 Å². The Kier molecular flexibility index (Phi) is 7.50. The Labute approximate surface area is 145 Å². The fourth-order valence-electron chi connectivity index (χ4n) is 2.93. The number of hydrogen-bond acceptors (Lipinski definition) is 2. The van der Waals surface area contributed by atoms with E-state index >= 15 is 0 Å². The summed E-state index contributed by atoms with van der Waals surface area (Å²) >= 11 is 0. The van der Waals surface area contributed by atoms with Crippen LogP contribution in [0, 0.1) is 0 Å². The van der Waals surface area contributed by atoms with Gasteiger partial charge in [0.15, 0.2) is 0 Å². The fourth-order valence-corrected chi connectivity index (χ4v) is 2.93. The maximum Gasteiger partial charge on any atom is 0.247 e. The molecule has 0 saturated carbocycles. The lowest BCUT2D eigenvalue weighted by Crippen LogP contribution is -2.31. The summed E-state index contributed by atoms with van der Waals surface area (Å²) in [5.74, 6) is -0.0209. The summed E-state index contributed by atoms with van der Waals surface area (Å²) in [5.41, 5.74) is 2.98. The van der Waals surface area contributed by atoms with Crippen molar-refractivity contribution >= 4 is 5.91 Å². The van der Waals surface area contributed by atoms with E-state index in [0.717, 1.165) is 36.3 Å². The Morgan fingerprint density at radius 2 is 1.92 bits per heavy atom. The van der Waals surface area contributed by atoms with Crippen molar-refractivity contribution < 1.29 is 4.79 Å². The van der Waals surface area contributed by atoms with E-state index < -0.39 is 0 Å². The molecule has 0 aromatic heterocycles. The molecule has 1 fully saturated rings. The van der Waals surface area contributed by atoms with Crippen LogP contribution < -0.4 is 5.32 Å². The van der Waals surface area contributed by atoms with E-state index in [1.807, 2.05) is 49.4 Å². The van der Waals surface area contributed by atoms with Gasteiger partial charge < -0.3 is 5.32 Å². The van der Waals surface area contributed by atoms with Gasteiger partial charge in [-0.3, -0.25) is 9.69 Å². The van der Waals surface area contributed by atoms with E-state index in [-0.39, 0.29) is 5.91 Å². The topological polar surface area (TPSA) is 32.3 Å². The van der Waals surface area contributed by atoms with Crippen molar-refractivity contribution in [1.82, 2.24) is 10.2 Å². The van der Waals surface area contributed by atoms with Crippen molar-refractivity contribution in [2.75, 3.05) is 19.6 Å². The third kappa shape index (κ3) is 6.17. The molecule has 1 aliphatic rings. The van der Waals surface area contributed by atoms with Gasteiger partial charge in [-0.2, -0.15) is 0 Å². The van der Waals surface area contributed by atoms with E-state index in [1.165, 1.54) is 19.3 Å². The average molecular weight is 324 g/mol. The molecule has 0 radical (unpaired) electrons. The smallest absolute Gasteiger partial charge is 0.247 e. The number of carbonyl (C=O) groups is 1. The van der Waals surface area contributed by atoms with Gasteiger partial charge in [0.2, 0.25) is 5.91 Å². The molecule has 1 aliphatic heterocycles. The second-order valence-electron chi connectivity index (χ2n) is 6.31. The molecule has 1 heterocycles. The quantitative estimate of drug-likeness (QED) is 0.610. The maximum atomic E-state index is 12.3. The zero-order valence-corrected chi connectivity index (χ0v) is 14.6. The first-order chi connectivity index (χ1) is 11.7. The minimum atomic E-state index is -0.0209. The van der Waals surface area contributed by atoms with Gasteiger partial charge >= 0.3 is 0 Å². The number of nitrogens with one attached hydrogen (secondary N) is 1. The molecule has 3 nitrogen and oxygen atoms in total. The van der Waals surface area contributed by atoms with Crippen molar-refractivity contribution in [1.29, 1.82) is 0 Å². The SMILES string of the molecule is C=C/C=C(\C=C(/C)C(=O)NCc1ccccc1)CN1CCCCC1. The molecule has 2 rings (SSSR count). The van der Waals surface area contributed by atoms with Crippen LogP contribution in [0.25, 0.3) is 0 Å². The van der Waals surface area contributed by atoms with Crippen LogP contribution in [0.2, 0.25) is 0 Å². The molecule has 1 aromatic carbocycles. The first-order valence-corrected chi connectivity index (χ1v) is 8.73. The molecule has 0 atom stereocenters. The number of nitrogens with zero attached hydrogens (tertiary/aromatic N) is 1. The fraction of sp³-hybridized carbons (Fsp3) is 0.381. The van der Waals surface area contributed by atoms with E-state index in [0.29, 0.717) is 6.54 Å². The molecule has 0 bridgehead atoms. The molecule has 1 saturated heterocycles. The van der Waals surface area contributed by atoms with Gasteiger partial charge in [-0.1, -0.05) is 55.5 Å². The number of piperidine rings is 1. The van der Waals surface area contributed by atoms with Gasteiger partial charge in [0.1, 0.15) is 0 Å². The molecule has 1 aromatic rings. The Hall–Kier alpha value is -2.13. The number of rotatable bonds is 7. The van der Waals surface area contributed by atoms with Crippen LogP contribution in [0.3, 0.4) is 0 Å². The van der Waals surface area contributed by atoms with E-state index in [1.54, 1.807) is 6.08 Å². The number of carbonyl (C=O) groups excluding carboxylic acids is 1. The summed E-state index contributed by atoms with van der Waals surface area (Å²) in [6.45, 7) is 9.38. The zero-order valence-electron chi connectivity index (χ0n) is 14.6. The Balaban J connectivity index is 1.93. The van der Waals surface area contributed by atoms with Crippen LogP contribution in [0.1, 0.15) is 31.7 Å². The van der Waals surface area contributed by atoms with Crippen molar-refractivity contribution in [3.8, 4) is 0 Å².